The fraction of sp³-hybridized carbons (Fsp3) is 0. The Morgan fingerprint density at radius 3 is 1.73 bits per heavy atom. The van der Waals surface area contributed by atoms with Crippen molar-refractivity contribution in [1.29, 1.82) is 0 Å². The molecule has 64 heavy (non-hydrogen) atoms. The third-order valence-electron chi connectivity index (χ3n) is 13.2. The number of para-hydroxylation sites is 4. The number of nitrogens with zero attached hydrogens (tertiary/aromatic N) is 1. The monoisotopic (exact) mass is 815 g/mol. The zero-order valence-electron chi connectivity index (χ0n) is 34.8. The van der Waals surface area contributed by atoms with E-state index in [1.807, 2.05) is 0 Å². The van der Waals surface area contributed by atoms with Crippen molar-refractivity contribution in [2.24, 2.45) is 0 Å². The van der Waals surface area contributed by atoms with Gasteiger partial charge in [0.1, 0.15) is 22.7 Å². The molecule has 1 aromatic heterocycles. The van der Waals surface area contributed by atoms with E-state index in [1.165, 1.54) is 54.5 Å². The van der Waals surface area contributed by atoms with E-state index in [4.69, 9.17) is 9.15 Å². The van der Waals surface area contributed by atoms with Crippen LogP contribution < -0.4 is 26.0 Å². The molecule has 13 rings (SSSR count). The van der Waals surface area contributed by atoms with Gasteiger partial charge in [-0.05, 0) is 104 Å². The molecule has 0 spiro atoms. The summed E-state index contributed by atoms with van der Waals surface area (Å²) in [4.78, 5) is 2.29. The van der Waals surface area contributed by atoms with Gasteiger partial charge < -0.3 is 14.1 Å². The molecule has 0 atom stereocenters. The van der Waals surface area contributed by atoms with Gasteiger partial charge in [-0.15, -0.1) is 0 Å². The lowest BCUT2D eigenvalue weighted by atomic mass is 9.35. The van der Waals surface area contributed by atoms with E-state index in [2.05, 4.69) is 235 Å². The lowest BCUT2D eigenvalue weighted by molar-refractivity contribution is 0.487. The van der Waals surface area contributed by atoms with Crippen LogP contribution in [0, 0.1) is 0 Å². The summed E-state index contributed by atoms with van der Waals surface area (Å²) in [6.45, 7) is -0.173. The zero-order valence-corrected chi connectivity index (χ0v) is 34.8. The third-order valence-corrected chi connectivity index (χ3v) is 13.2. The largest absolute Gasteiger partial charge is 0.457 e. The van der Waals surface area contributed by atoms with Crippen molar-refractivity contribution in [2.75, 3.05) is 4.90 Å². The lowest BCUT2D eigenvalue weighted by Gasteiger charge is -2.28. The van der Waals surface area contributed by atoms with E-state index in [-0.39, 0.29) is 6.71 Å². The molecule has 3 nitrogen and oxygen atoms in total. The summed E-state index contributed by atoms with van der Waals surface area (Å²) < 4.78 is 13.8. The number of fused-ring (bicyclic) bond motifs is 9. The van der Waals surface area contributed by atoms with Gasteiger partial charge in [0.25, 0.3) is 0 Å². The second kappa shape index (κ2) is 14.6. The van der Waals surface area contributed by atoms with Crippen LogP contribution in [0.25, 0.3) is 76.5 Å². The minimum atomic E-state index is -0.173. The smallest absolute Gasteiger partial charge is 0.247 e. The van der Waals surface area contributed by atoms with Crippen molar-refractivity contribution >= 4 is 94.4 Å². The SMILES string of the molecule is c1ccc(-c2ccccc2B(c2cc3c4cccc5c4c(cc3c3ccccc23)-c2ccc(N(c3ccccc3)c3ccccc3)cc2O5)c2cccc3c2oc2ccccc23)cc1. The van der Waals surface area contributed by atoms with E-state index in [0.29, 0.717) is 0 Å². The molecule has 0 amide bonds. The van der Waals surface area contributed by atoms with Crippen LogP contribution in [-0.2, 0) is 0 Å². The molecule has 0 radical (unpaired) electrons. The highest BCUT2D eigenvalue weighted by Crippen LogP contribution is 2.51. The average Bonchev–Trinajstić information content (AvgIpc) is 3.75. The van der Waals surface area contributed by atoms with E-state index in [1.54, 1.807) is 0 Å². The van der Waals surface area contributed by atoms with Gasteiger partial charge in [0, 0.05) is 44.9 Å². The van der Waals surface area contributed by atoms with Crippen LogP contribution in [0.5, 0.6) is 11.5 Å². The van der Waals surface area contributed by atoms with Crippen LogP contribution in [0.4, 0.5) is 17.1 Å². The first kappa shape index (κ1) is 36.3. The number of anilines is 3. The lowest BCUT2D eigenvalue weighted by Crippen LogP contribution is -2.53. The van der Waals surface area contributed by atoms with Gasteiger partial charge >= 0.3 is 0 Å². The molecule has 0 saturated heterocycles. The molecule has 4 heteroatoms. The maximum atomic E-state index is 6.97. The molecular weight excluding hydrogens is 777 g/mol. The Morgan fingerprint density at radius 2 is 0.938 bits per heavy atom. The van der Waals surface area contributed by atoms with Gasteiger partial charge in [0.2, 0.25) is 6.71 Å². The second-order valence-electron chi connectivity index (χ2n) is 16.7. The average molecular weight is 816 g/mol. The Labute approximate surface area is 371 Å². The molecule has 0 saturated carbocycles. The van der Waals surface area contributed by atoms with Gasteiger partial charge in [-0.1, -0.05) is 181 Å². The fourth-order valence-corrected chi connectivity index (χ4v) is 10.4. The van der Waals surface area contributed by atoms with Gasteiger partial charge in [0.05, 0.1) is 0 Å². The van der Waals surface area contributed by atoms with Crippen LogP contribution in [0.3, 0.4) is 0 Å². The van der Waals surface area contributed by atoms with Gasteiger partial charge in [-0.25, -0.2) is 0 Å². The minimum Gasteiger partial charge on any atom is -0.457 e. The molecule has 0 fully saturated rings. The summed E-state index contributed by atoms with van der Waals surface area (Å²) in [6, 6.07) is 82.8. The third kappa shape index (κ3) is 5.70. The van der Waals surface area contributed by atoms with Crippen molar-refractivity contribution in [2.45, 2.75) is 0 Å². The molecule has 298 valence electrons. The first-order chi connectivity index (χ1) is 31.8. The number of rotatable bonds is 7. The van der Waals surface area contributed by atoms with Gasteiger partial charge in [0.15, 0.2) is 0 Å². The predicted molar refractivity (Wildman–Crippen MR) is 269 cm³/mol. The molecule has 1 aliphatic rings. The first-order valence-corrected chi connectivity index (χ1v) is 21.9. The molecule has 0 aliphatic carbocycles. The van der Waals surface area contributed by atoms with Crippen LogP contribution in [0.1, 0.15) is 0 Å². The Hall–Kier alpha value is -8.34. The van der Waals surface area contributed by atoms with Crippen LogP contribution >= 0.6 is 0 Å². The van der Waals surface area contributed by atoms with E-state index < -0.39 is 0 Å². The molecule has 0 N–H and O–H groups in total. The summed E-state index contributed by atoms with van der Waals surface area (Å²) in [5.74, 6) is 1.70. The van der Waals surface area contributed by atoms with E-state index in [0.717, 1.165) is 66.9 Å². The van der Waals surface area contributed by atoms with Gasteiger partial charge in [-0.2, -0.15) is 0 Å². The number of furan rings is 1. The maximum Gasteiger partial charge on any atom is 0.247 e. The quantitative estimate of drug-likeness (QED) is 0.118. The Kier molecular flexibility index (Phi) is 8.32. The van der Waals surface area contributed by atoms with E-state index >= 15 is 0 Å². The normalized spacial score (nSPS) is 11.9. The summed E-state index contributed by atoms with van der Waals surface area (Å²) >= 11 is 0. The highest BCUT2D eigenvalue weighted by Gasteiger charge is 2.32. The number of benzene rings is 11. The van der Waals surface area contributed by atoms with Crippen molar-refractivity contribution in [3.63, 3.8) is 0 Å². The Bertz CT molecular complexity index is 3730. The summed E-state index contributed by atoms with van der Waals surface area (Å²) in [5, 5.41) is 9.36. The van der Waals surface area contributed by atoms with E-state index in [9.17, 15) is 0 Å². The molecule has 12 aromatic rings. The molecule has 0 bridgehead atoms. The Morgan fingerprint density at radius 1 is 0.328 bits per heavy atom. The van der Waals surface area contributed by atoms with Crippen molar-refractivity contribution in [3.05, 3.63) is 231 Å². The van der Waals surface area contributed by atoms with Gasteiger partial charge in [-0.3, -0.25) is 0 Å². The molecule has 1 aliphatic heterocycles. The number of ether oxygens (including phenoxy) is 1. The second-order valence-corrected chi connectivity index (χ2v) is 16.7. The highest BCUT2D eigenvalue weighted by atomic mass is 16.5. The predicted octanol–water partition coefficient (Wildman–Crippen LogP) is 14.5. The Balaban J connectivity index is 1.07. The first-order valence-electron chi connectivity index (χ1n) is 21.9. The zero-order chi connectivity index (χ0) is 42.1. The summed E-state index contributed by atoms with van der Waals surface area (Å²) in [5.41, 5.74) is 13.2. The summed E-state index contributed by atoms with van der Waals surface area (Å²) in [7, 11) is 0. The fourth-order valence-electron chi connectivity index (χ4n) is 10.4. The topological polar surface area (TPSA) is 25.6 Å². The molecule has 0 unspecified atom stereocenters. The van der Waals surface area contributed by atoms with Crippen LogP contribution in [0.2, 0.25) is 0 Å². The highest BCUT2D eigenvalue weighted by molar-refractivity contribution is 6.99. The molecule has 11 aromatic carbocycles. The van der Waals surface area contributed by atoms with Crippen molar-refractivity contribution in [3.8, 4) is 33.8 Å². The maximum absolute atomic E-state index is 6.97. The van der Waals surface area contributed by atoms with Crippen molar-refractivity contribution in [1.82, 2.24) is 0 Å². The van der Waals surface area contributed by atoms with Crippen LogP contribution in [-0.4, -0.2) is 6.71 Å². The number of hydrogen-bond donors (Lipinski definition) is 0. The molecular formula is C60H38BNO2. The van der Waals surface area contributed by atoms with Crippen LogP contribution in [0.15, 0.2) is 235 Å². The van der Waals surface area contributed by atoms with Crippen molar-refractivity contribution < 1.29 is 9.15 Å². The standard InChI is InChI=1S/C60H38BNO2/c1-4-18-39(19-5-1)43-24-12-14-30-53(43)61(54-31-16-29-49-46-27-13-15-32-56(46)64-60(49)54)55-38-51-48-28-17-33-57-59(48)52(37-50(51)44-25-10-11-26-45(44)55)47-35-34-42(36-58(47)63-57)62(40-20-6-2-7-21-40)41-22-8-3-9-23-41/h1-38H. The summed E-state index contributed by atoms with van der Waals surface area (Å²) in [6.07, 6.45) is 0. The molecule has 2 heterocycles. The number of hydrogen-bond acceptors (Lipinski definition) is 3. The minimum absolute atomic E-state index is 0.173.